The van der Waals surface area contributed by atoms with Crippen LogP contribution in [0.1, 0.15) is 24.8 Å². The molecule has 0 aromatic heterocycles. The molecule has 0 atom stereocenters. The van der Waals surface area contributed by atoms with Gasteiger partial charge in [0, 0.05) is 5.56 Å². The van der Waals surface area contributed by atoms with Crippen LogP contribution < -0.4 is 0 Å². The predicted octanol–water partition coefficient (Wildman–Crippen LogP) is 4.97. The van der Waals surface area contributed by atoms with Crippen LogP contribution in [0, 0.1) is 17.6 Å². The Labute approximate surface area is 112 Å². The van der Waals surface area contributed by atoms with Gasteiger partial charge >= 0.3 is 0 Å². The minimum atomic E-state index is -0.719. The molecule has 0 aliphatic heterocycles. The lowest BCUT2D eigenvalue weighted by atomic mass is 9.80. The van der Waals surface area contributed by atoms with Gasteiger partial charge in [-0.05, 0) is 23.5 Å². The van der Waals surface area contributed by atoms with Crippen LogP contribution in [0.2, 0.25) is 0 Å². The van der Waals surface area contributed by atoms with Crippen LogP contribution in [-0.4, -0.2) is 0 Å². The van der Waals surface area contributed by atoms with Crippen molar-refractivity contribution in [2.75, 3.05) is 0 Å². The van der Waals surface area contributed by atoms with E-state index in [1.54, 1.807) is 24.3 Å². The summed E-state index contributed by atoms with van der Waals surface area (Å²) in [5, 5.41) is 0. The number of hydrogen-bond donors (Lipinski definition) is 0. The first-order chi connectivity index (χ1) is 9.25. The molecular weight excluding hydrogens is 242 g/mol. The Bertz CT molecular complexity index is 571. The lowest BCUT2D eigenvalue weighted by Crippen LogP contribution is -2.15. The first kappa shape index (κ1) is 12.3. The first-order valence-electron chi connectivity index (χ1n) is 6.78. The predicted molar refractivity (Wildman–Crippen MR) is 72.8 cm³/mol. The van der Waals surface area contributed by atoms with Crippen LogP contribution in [0.5, 0.6) is 0 Å². The molecule has 19 heavy (non-hydrogen) atoms. The monoisotopic (exact) mass is 258 g/mol. The molecule has 2 aromatic carbocycles. The molecule has 0 heterocycles. The van der Waals surface area contributed by atoms with E-state index in [4.69, 9.17) is 0 Å². The van der Waals surface area contributed by atoms with Crippen molar-refractivity contribution < 1.29 is 8.78 Å². The highest BCUT2D eigenvalue weighted by Crippen LogP contribution is 2.32. The maximum atomic E-state index is 14.1. The second-order valence-corrected chi connectivity index (χ2v) is 5.27. The molecule has 0 N–H and O–H groups in total. The van der Waals surface area contributed by atoms with E-state index in [9.17, 15) is 8.78 Å². The molecule has 2 heteroatoms. The largest absolute Gasteiger partial charge is 0.203 e. The third-order valence-electron chi connectivity index (χ3n) is 3.98. The van der Waals surface area contributed by atoms with Crippen LogP contribution >= 0.6 is 0 Å². The van der Waals surface area contributed by atoms with E-state index in [-0.39, 0.29) is 0 Å². The van der Waals surface area contributed by atoms with Gasteiger partial charge in [-0.15, -0.1) is 0 Å². The average molecular weight is 258 g/mol. The molecule has 1 saturated carbocycles. The van der Waals surface area contributed by atoms with Gasteiger partial charge in [0.2, 0.25) is 0 Å². The Balaban J connectivity index is 1.93. The molecule has 0 nitrogen and oxygen atoms in total. The molecule has 2 aromatic rings. The van der Waals surface area contributed by atoms with Crippen LogP contribution in [0.3, 0.4) is 0 Å². The summed E-state index contributed by atoms with van der Waals surface area (Å²) >= 11 is 0. The van der Waals surface area contributed by atoms with E-state index in [0.717, 1.165) is 12.8 Å². The molecule has 0 unspecified atom stereocenters. The van der Waals surface area contributed by atoms with E-state index in [0.29, 0.717) is 29.0 Å². The van der Waals surface area contributed by atoms with Gasteiger partial charge in [-0.25, -0.2) is 8.78 Å². The van der Waals surface area contributed by atoms with Gasteiger partial charge in [0.05, 0.1) is 0 Å². The fourth-order valence-electron chi connectivity index (χ4n) is 2.60. The van der Waals surface area contributed by atoms with E-state index in [1.807, 2.05) is 18.2 Å². The topological polar surface area (TPSA) is 0 Å². The highest BCUT2D eigenvalue weighted by Gasteiger charge is 2.21. The summed E-state index contributed by atoms with van der Waals surface area (Å²) in [5.41, 5.74) is 1.58. The summed E-state index contributed by atoms with van der Waals surface area (Å²) in [6, 6.07) is 12.5. The minimum absolute atomic E-state index is 0.343. The molecule has 98 valence electrons. The van der Waals surface area contributed by atoms with Gasteiger partial charge in [0.25, 0.3) is 0 Å². The summed E-state index contributed by atoms with van der Waals surface area (Å²) in [5.74, 6) is -0.854. The molecule has 1 aliphatic carbocycles. The highest BCUT2D eigenvalue weighted by atomic mass is 19.2. The standard InChI is InChI=1S/C17H16F2/c18-16-14(11-12-5-4-6-12)9-10-15(17(16)19)13-7-2-1-3-8-13/h1-3,7-10,12H,4-6,11H2. The smallest absolute Gasteiger partial charge is 0.166 e. The summed E-state index contributed by atoms with van der Waals surface area (Å²) in [7, 11) is 0. The first-order valence-corrected chi connectivity index (χ1v) is 6.78. The molecule has 0 radical (unpaired) electrons. The molecule has 1 aliphatic rings. The molecule has 0 saturated heterocycles. The van der Waals surface area contributed by atoms with E-state index in [1.165, 1.54) is 6.42 Å². The van der Waals surface area contributed by atoms with Crippen molar-refractivity contribution in [2.24, 2.45) is 5.92 Å². The zero-order valence-electron chi connectivity index (χ0n) is 10.7. The summed E-state index contributed by atoms with van der Waals surface area (Å²) < 4.78 is 28.2. The third kappa shape index (κ3) is 2.40. The average Bonchev–Trinajstić information content (AvgIpc) is 2.39. The van der Waals surface area contributed by atoms with Gasteiger partial charge in [-0.3, -0.25) is 0 Å². The number of halogens is 2. The van der Waals surface area contributed by atoms with Gasteiger partial charge in [0.15, 0.2) is 11.6 Å². The zero-order valence-corrected chi connectivity index (χ0v) is 10.7. The van der Waals surface area contributed by atoms with E-state index >= 15 is 0 Å². The van der Waals surface area contributed by atoms with Crippen molar-refractivity contribution in [3.05, 3.63) is 59.7 Å². The Morgan fingerprint density at radius 1 is 0.895 bits per heavy atom. The summed E-state index contributed by atoms with van der Waals surface area (Å²) in [6.45, 7) is 0. The van der Waals surface area contributed by atoms with Crippen molar-refractivity contribution in [3.8, 4) is 11.1 Å². The fraction of sp³-hybridized carbons (Fsp3) is 0.294. The van der Waals surface area contributed by atoms with Gasteiger partial charge in [0.1, 0.15) is 0 Å². The molecule has 0 amide bonds. The molecule has 0 bridgehead atoms. The maximum Gasteiger partial charge on any atom is 0.166 e. The Morgan fingerprint density at radius 2 is 1.63 bits per heavy atom. The Kier molecular flexibility index (Phi) is 3.33. The van der Waals surface area contributed by atoms with Crippen LogP contribution in [0.15, 0.2) is 42.5 Å². The lowest BCUT2D eigenvalue weighted by Gasteiger charge is -2.25. The van der Waals surface area contributed by atoms with Gasteiger partial charge < -0.3 is 0 Å². The lowest BCUT2D eigenvalue weighted by molar-refractivity contribution is 0.310. The zero-order chi connectivity index (χ0) is 13.2. The Hall–Kier alpha value is -1.70. The van der Waals surface area contributed by atoms with Gasteiger partial charge in [-0.2, -0.15) is 0 Å². The SMILES string of the molecule is Fc1c(CC2CCC2)ccc(-c2ccccc2)c1F. The van der Waals surface area contributed by atoms with Crippen LogP contribution in [0.25, 0.3) is 11.1 Å². The number of rotatable bonds is 3. The fourth-order valence-corrected chi connectivity index (χ4v) is 2.60. The Morgan fingerprint density at radius 3 is 2.26 bits per heavy atom. The molecule has 1 fully saturated rings. The van der Waals surface area contributed by atoms with E-state index < -0.39 is 11.6 Å². The minimum Gasteiger partial charge on any atom is -0.203 e. The van der Waals surface area contributed by atoms with Crippen molar-refractivity contribution in [1.29, 1.82) is 0 Å². The molecule has 0 spiro atoms. The van der Waals surface area contributed by atoms with Crippen LogP contribution in [-0.2, 0) is 6.42 Å². The number of hydrogen-bond acceptors (Lipinski definition) is 0. The van der Waals surface area contributed by atoms with Crippen LogP contribution in [0.4, 0.5) is 8.78 Å². The van der Waals surface area contributed by atoms with Crippen molar-refractivity contribution in [3.63, 3.8) is 0 Å². The van der Waals surface area contributed by atoms with Gasteiger partial charge in [-0.1, -0.05) is 61.7 Å². The molecule has 3 rings (SSSR count). The normalized spacial score (nSPS) is 15.3. The summed E-state index contributed by atoms with van der Waals surface area (Å²) in [4.78, 5) is 0. The van der Waals surface area contributed by atoms with Crippen molar-refractivity contribution >= 4 is 0 Å². The second kappa shape index (κ2) is 5.12. The highest BCUT2D eigenvalue weighted by molar-refractivity contribution is 5.64. The van der Waals surface area contributed by atoms with Crippen molar-refractivity contribution in [2.45, 2.75) is 25.7 Å². The molecular formula is C17H16F2. The quantitative estimate of drug-likeness (QED) is 0.728. The maximum absolute atomic E-state index is 14.1. The van der Waals surface area contributed by atoms with E-state index in [2.05, 4.69) is 0 Å². The van der Waals surface area contributed by atoms with Crippen molar-refractivity contribution in [1.82, 2.24) is 0 Å². The number of benzene rings is 2. The third-order valence-corrected chi connectivity index (χ3v) is 3.98. The summed E-state index contributed by atoms with van der Waals surface area (Å²) in [6.07, 6.45) is 4.16. The second-order valence-electron chi connectivity index (χ2n) is 5.27.